The molecular weight excluding hydrogens is 400 g/mol. The summed E-state index contributed by atoms with van der Waals surface area (Å²) in [5, 5.41) is 15.6. The van der Waals surface area contributed by atoms with E-state index in [-0.39, 0.29) is 42.0 Å². The van der Waals surface area contributed by atoms with Crippen LogP contribution in [0, 0.1) is 17.3 Å². The van der Waals surface area contributed by atoms with Gasteiger partial charge in [0.2, 0.25) is 5.91 Å². The summed E-state index contributed by atoms with van der Waals surface area (Å²) in [4.78, 5) is 37.7. The van der Waals surface area contributed by atoms with Gasteiger partial charge in [-0.3, -0.25) is 14.4 Å². The second kappa shape index (κ2) is 9.08. The highest BCUT2D eigenvalue weighted by Crippen LogP contribution is 2.45. The van der Waals surface area contributed by atoms with Crippen LogP contribution in [0.15, 0.2) is 0 Å². The molecular formula is C23H34N2O4S. The van der Waals surface area contributed by atoms with Gasteiger partial charge in [-0.25, -0.2) is 0 Å². The number of hydrogen-bond acceptors (Lipinski definition) is 4. The summed E-state index contributed by atoms with van der Waals surface area (Å²) >= 11 is 1.53. The topological polar surface area (TPSA) is 95.5 Å². The first-order chi connectivity index (χ1) is 14.1. The highest BCUT2D eigenvalue weighted by Gasteiger charge is 2.36. The van der Waals surface area contributed by atoms with E-state index in [4.69, 9.17) is 5.11 Å². The van der Waals surface area contributed by atoms with Crippen molar-refractivity contribution in [3.8, 4) is 0 Å². The molecule has 1 aromatic rings. The second-order valence-corrected chi connectivity index (χ2v) is 10.8. The Labute approximate surface area is 182 Å². The van der Waals surface area contributed by atoms with Crippen LogP contribution in [0.4, 0.5) is 5.00 Å². The third kappa shape index (κ3) is 5.42. The van der Waals surface area contributed by atoms with Gasteiger partial charge in [-0.2, -0.15) is 0 Å². The number of anilines is 1. The maximum absolute atomic E-state index is 13.0. The molecule has 0 unspecified atom stereocenters. The molecule has 3 N–H and O–H groups in total. The number of rotatable bonds is 9. The van der Waals surface area contributed by atoms with Crippen molar-refractivity contribution in [3.63, 3.8) is 0 Å². The third-order valence-corrected chi connectivity index (χ3v) is 7.90. The number of hydrogen-bond donors (Lipinski definition) is 3. The molecule has 1 aromatic heterocycles. The van der Waals surface area contributed by atoms with Gasteiger partial charge in [0, 0.05) is 23.8 Å². The van der Waals surface area contributed by atoms with E-state index in [9.17, 15) is 14.4 Å². The van der Waals surface area contributed by atoms with Gasteiger partial charge in [-0.1, -0.05) is 34.1 Å². The first-order valence-corrected chi connectivity index (χ1v) is 11.9. The number of aliphatic carboxylic acids is 1. The number of fused-ring (bicyclic) bond motifs is 1. The molecule has 3 rings (SSSR count). The summed E-state index contributed by atoms with van der Waals surface area (Å²) in [7, 11) is 0. The number of thiophene rings is 1. The van der Waals surface area contributed by atoms with Crippen LogP contribution >= 0.6 is 11.3 Å². The fourth-order valence-electron chi connectivity index (χ4n) is 4.22. The lowest BCUT2D eigenvalue weighted by atomic mass is 9.69. The van der Waals surface area contributed by atoms with Crippen LogP contribution in [0.2, 0.25) is 0 Å². The minimum absolute atomic E-state index is 0.0445. The normalized spacial score (nSPS) is 19.7. The molecule has 2 atom stereocenters. The Bertz CT molecular complexity index is 825. The average molecular weight is 435 g/mol. The van der Waals surface area contributed by atoms with Crippen molar-refractivity contribution in [1.29, 1.82) is 0 Å². The van der Waals surface area contributed by atoms with E-state index >= 15 is 0 Å². The Hall–Kier alpha value is -1.89. The van der Waals surface area contributed by atoms with Gasteiger partial charge in [0.15, 0.2) is 0 Å². The van der Waals surface area contributed by atoms with Gasteiger partial charge >= 0.3 is 5.97 Å². The first-order valence-electron chi connectivity index (χ1n) is 11.1. The molecule has 166 valence electrons. The SMILES string of the molecule is CCC(C)(C)[C@H]1CCc2c(sc(NC(=O)C[C@H](C)CC(=O)O)c2C(=O)NC2CC2)C1. The molecule has 30 heavy (non-hydrogen) atoms. The van der Waals surface area contributed by atoms with Crippen molar-refractivity contribution in [3.05, 3.63) is 16.0 Å². The molecule has 1 heterocycles. The van der Waals surface area contributed by atoms with Crippen LogP contribution in [0.5, 0.6) is 0 Å². The summed E-state index contributed by atoms with van der Waals surface area (Å²) in [5.41, 5.74) is 1.97. The van der Waals surface area contributed by atoms with Crippen molar-refractivity contribution in [1.82, 2.24) is 5.32 Å². The number of carboxylic acid groups (broad SMARTS) is 1. The first kappa shape index (κ1) is 22.8. The van der Waals surface area contributed by atoms with Crippen LogP contribution in [0.1, 0.15) is 87.0 Å². The minimum atomic E-state index is -0.907. The molecule has 2 aliphatic rings. The zero-order chi connectivity index (χ0) is 22.1. The lowest BCUT2D eigenvalue weighted by Crippen LogP contribution is -2.30. The summed E-state index contributed by atoms with van der Waals surface area (Å²) in [5.74, 6) is -0.913. The fraction of sp³-hybridized carbons (Fsp3) is 0.696. The molecule has 1 fully saturated rings. The maximum Gasteiger partial charge on any atom is 0.303 e. The molecule has 0 bridgehead atoms. The Morgan fingerprint density at radius 3 is 2.50 bits per heavy atom. The lowest BCUT2D eigenvalue weighted by molar-refractivity contribution is -0.138. The van der Waals surface area contributed by atoms with E-state index in [0.29, 0.717) is 16.5 Å². The second-order valence-electron chi connectivity index (χ2n) is 9.69. The molecule has 2 amide bonds. The van der Waals surface area contributed by atoms with Gasteiger partial charge in [0.25, 0.3) is 5.91 Å². The molecule has 6 nitrogen and oxygen atoms in total. The van der Waals surface area contributed by atoms with Gasteiger partial charge in [-0.05, 0) is 54.9 Å². The van der Waals surface area contributed by atoms with Crippen LogP contribution in [-0.2, 0) is 22.4 Å². The smallest absolute Gasteiger partial charge is 0.303 e. The number of nitrogens with one attached hydrogen (secondary N) is 2. The van der Waals surface area contributed by atoms with E-state index < -0.39 is 5.97 Å². The Morgan fingerprint density at radius 1 is 1.20 bits per heavy atom. The van der Waals surface area contributed by atoms with Crippen molar-refractivity contribution in [2.75, 3.05) is 5.32 Å². The quantitative estimate of drug-likeness (QED) is 0.528. The van der Waals surface area contributed by atoms with Crippen LogP contribution in [0.25, 0.3) is 0 Å². The van der Waals surface area contributed by atoms with Crippen molar-refractivity contribution >= 4 is 34.1 Å². The molecule has 0 aromatic carbocycles. The Morgan fingerprint density at radius 2 is 1.90 bits per heavy atom. The van der Waals surface area contributed by atoms with Crippen LogP contribution in [-0.4, -0.2) is 28.9 Å². The molecule has 0 aliphatic heterocycles. The van der Waals surface area contributed by atoms with E-state index in [1.807, 2.05) is 0 Å². The van der Waals surface area contributed by atoms with Crippen molar-refractivity contribution in [2.45, 2.75) is 85.1 Å². The minimum Gasteiger partial charge on any atom is -0.481 e. The predicted octanol–water partition coefficient (Wildman–Crippen LogP) is 4.62. The predicted molar refractivity (Wildman–Crippen MR) is 119 cm³/mol. The summed E-state index contributed by atoms with van der Waals surface area (Å²) in [6, 6.07) is 0.252. The number of carboxylic acids is 1. The molecule has 1 saturated carbocycles. The zero-order valence-corrected chi connectivity index (χ0v) is 19.3. The molecule has 0 saturated heterocycles. The largest absolute Gasteiger partial charge is 0.481 e. The maximum atomic E-state index is 13.0. The average Bonchev–Trinajstić information content (AvgIpc) is 3.38. The van der Waals surface area contributed by atoms with E-state index in [1.165, 1.54) is 16.2 Å². The van der Waals surface area contributed by atoms with E-state index in [1.54, 1.807) is 6.92 Å². The fourth-order valence-corrected chi connectivity index (χ4v) is 5.56. The summed E-state index contributed by atoms with van der Waals surface area (Å²) in [6.45, 7) is 8.60. The number of amides is 2. The van der Waals surface area contributed by atoms with Crippen molar-refractivity contribution < 1.29 is 19.5 Å². The molecule has 0 spiro atoms. The highest BCUT2D eigenvalue weighted by molar-refractivity contribution is 7.17. The van der Waals surface area contributed by atoms with Gasteiger partial charge in [0.05, 0.1) is 5.56 Å². The van der Waals surface area contributed by atoms with Crippen LogP contribution < -0.4 is 10.6 Å². The van der Waals surface area contributed by atoms with E-state index in [0.717, 1.165) is 44.1 Å². The van der Waals surface area contributed by atoms with Crippen LogP contribution in [0.3, 0.4) is 0 Å². The molecule has 7 heteroatoms. The lowest BCUT2D eigenvalue weighted by Gasteiger charge is -2.36. The summed E-state index contributed by atoms with van der Waals surface area (Å²) < 4.78 is 0. The molecule has 2 aliphatic carbocycles. The highest BCUT2D eigenvalue weighted by atomic mass is 32.1. The number of carbonyl (C=O) groups is 3. The third-order valence-electron chi connectivity index (χ3n) is 6.73. The Kier molecular flexibility index (Phi) is 6.90. The zero-order valence-electron chi connectivity index (χ0n) is 18.5. The van der Waals surface area contributed by atoms with Crippen molar-refractivity contribution in [2.24, 2.45) is 17.3 Å². The monoisotopic (exact) mass is 434 g/mol. The van der Waals surface area contributed by atoms with Gasteiger partial charge < -0.3 is 15.7 Å². The molecule has 0 radical (unpaired) electrons. The van der Waals surface area contributed by atoms with Gasteiger partial charge in [0.1, 0.15) is 5.00 Å². The number of carbonyl (C=O) groups excluding carboxylic acids is 2. The van der Waals surface area contributed by atoms with E-state index in [2.05, 4.69) is 31.4 Å². The Balaban J connectivity index is 1.82. The standard InChI is InChI=1S/C23H34N2O4S/c1-5-23(3,4)14-6-9-16-17(12-14)30-22(20(16)21(29)24-15-7-8-15)25-18(26)10-13(2)11-19(27)28/h13-15H,5-12H2,1-4H3,(H,24,29)(H,25,26)(H,27,28)/t13-,14-/m0/s1. The van der Waals surface area contributed by atoms with Gasteiger partial charge in [-0.15, -0.1) is 11.3 Å². The summed E-state index contributed by atoms with van der Waals surface area (Å²) in [6.07, 6.45) is 6.07.